The highest BCUT2D eigenvalue weighted by molar-refractivity contribution is 6.51. The average Bonchev–Trinajstić information content (AvgIpc) is 3.09. The van der Waals surface area contributed by atoms with Crippen LogP contribution in [-0.2, 0) is 9.59 Å². The summed E-state index contributed by atoms with van der Waals surface area (Å²) in [7, 11) is 3.00. The fourth-order valence-corrected chi connectivity index (χ4v) is 3.79. The molecule has 2 heterocycles. The molecule has 1 atom stereocenters. The van der Waals surface area contributed by atoms with Gasteiger partial charge in [0.15, 0.2) is 11.5 Å². The van der Waals surface area contributed by atoms with Gasteiger partial charge < -0.3 is 14.6 Å². The number of ether oxygens (including phenoxy) is 2. The molecule has 1 aliphatic rings. The number of hydrogen-bond acceptors (Lipinski definition) is 6. The molecule has 7 nitrogen and oxygen atoms in total. The number of halogens is 1. The van der Waals surface area contributed by atoms with E-state index in [1.165, 1.54) is 25.3 Å². The maximum Gasteiger partial charge on any atom is 0.301 e. The van der Waals surface area contributed by atoms with Crippen LogP contribution in [-0.4, -0.2) is 36.0 Å². The first kappa shape index (κ1) is 21.4. The Labute approximate surface area is 189 Å². The van der Waals surface area contributed by atoms with E-state index >= 15 is 0 Å². The zero-order valence-electron chi connectivity index (χ0n) is 17.3. The smallest absolute Gasteiger partial charge is 0.301 e. The van der Waals surface area contributed by atoms with Crippen LogP contribution in [0.2, 0.25) is 5.02 Å². The first-order valence-electron chi connectivity index (χ1n) is 9.66. The van der Waals surface area contributed by atoms with E-state index in [2.05, 4.69) is 4.98 Å². The number of anilines is 1. The van der Waals surface area contributed by atoms with E-state index in [4.69, 9.17) is 21.1 Å². The number of Topliss-reactive ketones (excluding diaryl/α,β-unsaturated/α-hetero) is 1. The predicted molar refractivity (Wildman–Crippen MR) is 120 cm³/mol. The zero-order valence-corrected chi connectivity index (χ0v) is 18.0. The lowest BCUT2D eigenvalue weighted by Gasteiger charge is -2.25. The minimum Gasteiger partial charge on any atom is -0.507 e. The Morgan fingerprint density at radius 2 is 1.72 bits per heavy atom. The highest BCUT2D eigenvalue weighted by Crippen LogP contribution is 2.43. The van der Waals surface area contributed by atoms with E-state index in [0.29, 0.717) is 27.6 Å². The van der Waals surface area contributed by atoms with Crippen LogP contribution in [0.5, 0.6) is 11.5 Å². The van der Waals surface area contributed by atoms with Crippen LogP contribution in [0.25, 0.3) is 5.76 Å². The van der Waals surface area contributed by atoms with E-state index in [0.717, 1.165) is 0 Å². The Bertz CT molecular complexity index is 1210. The molecule has 1 saturated heterocycles. The molecule has 32 heavy (non-hydrogen) atoms. The Balaban J connectivity index is 1.96. The molecule has 1 aliphatic heterocycles. The molecular weight excluding hydrogens is 432 g/mol. The number of benzene rings is 2. The summed E-state index contributed by atoms with van der Waals surface area (Å²) in [5.74, 6) is -0.725. The molecule has 1 N–H and O–H groups in total. The third-order valence-corrected chi connectivity index (χ3v) is 5.43. The molecule has 0 bridgehead atoms. The topological polar surface area (TPSA) is 89.0 Å². The van der Waals surface area contributed by atoms with Crippen LogP contribution in [0.1, 0.15) is 17.2 Å². The number of aliphatic hydroxyl groups is 1. The number of carbonyl (C=O) groups excluding carboxylic acids is 2. The van der Waals surface area contributed by atoms with Gasteiger partial charge in [0.25, 0.3) is 5.78 Å². The van der Waals surface area contributed by atoms with Gasteiger partial charge in [0.2, 0.25) is 0 Å². The lowest BCUT2D eigenvalue weighted by Crippen LogP contribution is -2.30. The summed E-state index contributed by atoms with van der Waals surface area (Å²) in [4.78, 5) is 31.7. The second-order valence-electron chi connectivity index (χ2n) is 6.98. The highest BCUT2D eigenvalue weighted by Gasteiger charge is 2.47. The van der Waals surface area contributed by atoms with Crippen LogP contribution in [0, 0.1) is 0 Å². The Morgan fingerprint density at radius 3 is 2.34 bits per heavy atom. The van der Waals surface area contributed by atoms with Crippen LogP contribution in [0.3, 0.4) is 0 Å². The van der Waals surface area contributed by atoms with Crippen molar-refractivity contribution in [1.82, 2.24) is 4.98 Å². The summed E-state index contributed by atoms with van der Waals surface area (Å²) in [5.41, 5.74) is 0.845. The lowest BCUT2D eigenvalue weighted by atomic mass is 9.95. The summed E-state index contributed by atoms with van der Waals surface area (Å²) >= 11 is 5.96. The number of aliphatic hydroxyl groups excluding tert-OH is 1. The van der Waals surface area contributed by atoms with Crippen molar-refractivity contribution < 1.29 is 24.2 Å². The van der Waals surface area contributed by atoms with Gasteiger partial charge in [0, 0.05) is 16.8 Å². The molecule has 1 amide bonds. The molecule has 4 rings (SSSR count). The van der Waals surface area contributed by atoms with Gasteiger partial charge in [-0.2, -0.15) is 0 Å². The fourth-order valence-electron chi connectivity index (χ4n) is 3.67. The maximum absolute atomic E-state index is 13.1. The van der Waals surface area contributed by atoms with Crippen molar-refractivity contribution in [3.63, 3.8) is 0 Å². The summed E-state index contributed by atoms with van der Waals surface area (Å²) in [5, 5.41) is 11.6. The molecular formula is C24H19ClN2O5. The van der Waals surface area contributed by atoms with Crippen molar-refractivity contribution in [2.75, 3.05) is 19.1 Å². The van der Waals surface area contributed by atoms with Crippen molar-refractivity contribution in [1.29, 1.82) is 0 Å². The Kier molecular flexibility index (Phi) is 5.83. The number of rotatable bonds is 5. The van der Waals surface area contributed by atoms with Gasteiger partial charge in [0.1, 0.15) is 11.6 Å². The van der Waals surface area contributed by atoms with Crippen LogP contribution in [0.4, 0.5) is 5.82 Å². The minimum absolute atomic E-state index is 0.0600. The monoisotopic (exact) mass is 450 g/mol. The predicted octanol–water partition coefficient (Wildman–Crippen LogP) is 4.38. The van der Waals surface area contributed by atoms with Crippen molar-refractivity contribution in [3.8, 4) is 11.5 Å². The van der Waals surface area contributed by atoms with E-state index in [-0.39, 0.29) is 17.2 Å². The molecule has 3 aromatic rings. The number of nitrogens with zero attached hydrogens (tertiary/aromatic N) is 2. The van der Waals surface area contributed by atoms with E-state index in [1.807, 2.05) is 0 Å². The van der Waals surface area contributed by atoms with Gasteiger partial charge in [-0.1, -0.05) is 23.7 Å². The molecule has 162 valence electrons. The van der Waals surface area contributed by atoms with Crippen molar-refractivity contribution in [2.45, 2.75) is 6.04 Å². The lowest BCUT2D eigenvalue weighted by molar-refractivity contribution is -0.132. The molecule has 1 fully saturated rings. The van der Waals surface area contributed by atoms with Crippen molar-refractivity contribution in [2.24, 2.45) is 0 Å². The van der Waals surface area contributed by atoms with Crippen LogP contribution >= 0.6 is 11.6 Å². The number of aromatic nitrogens is 1. The van der Waals surface area contributed by atoms with Crippen LogP contribution < -0.4 is 14.4 Å². The fraction of sp³-hybridized carbons (Fsp3) is 0.125. The standard InChI is InChI=1S/C24H19ClN2O5/c1-31-17-11-8-15(13-18(17)32-2)21-20(22(28)14-6-9-16(25)10-7-14)23(29)24(30)27(21)19-5-3-4-12-26-19/h3-13,21,28H,1-2H3/t21-/m1/s1. The van der Waals surface area contributed by atoms with Gasteiger partial charge in [-0.15, -0.1) is 0 Å². The first-order chi connectivity index (χ1) is 15.5. The second kappa shape index (κ2) is 8.72. The SMILES string of the molecule is COc1ccc([C@@H]2C(=C(O)c3ccc(Cl)cc3)C(=O)C(=O)N2c2ccccn2)cc1OC. The highest BCUT2D eigenvalue weighted by atomic mass is 35.5. The summed E-state index contributed by atoms with van der Waals surface area (Å²) in [6.07, 6.45) is 1.53. The number of pyridine rings is 1. The van der Waals surface area contributed by atoms with Gasteiger partial charge in [-0.25, -0.2) is 4.98 Å². The number of hydrogen-bond donors (Lipinski definition) is 1. The largest absolute Gasteiger partial charge is 0.507 e. The molecule has 0 unspecified atom stereocenters. The normalized spacial score (nSPS) is 17.5. The molecule has 1 aromatic heterocycles. The summed E-state index contributed by atoms with van der Waals surface area (Å²) in [6, 6.07) is 15.5. The quantitative estimate of drug-likeness (QED) is 0.352. The summed E-state index contributed by atoms with van der Waals surface area (Å²) in [6.45, 7) is 0. The Hall–Kier alpha value is -3.84. The molecule has 0 aliphatic carbocycles. The molecule has 2 aromatic carbocycles. The van der Waals surface area contributed by atoms with Crippen molar-refractivity contribution in [3.05, 3.63) is 88.6 Å². The number of methoxy groups -OCH3 is 2. The van der Waals surface area contributed by atoms with Gasteiger partial charge in [-0.05, 0) is 54.1 Å². The van der Waals surface area contributed by atoms with Gasteiger partial charge in [-0.3, -0.25) is 14.5 Å². The molecule has 8 heteroatoms. The Morgan fingerprint density at radius 1 is 1.00 bits per heavy atom. The van der Waals surface area contributed by atoms with Gasteiger partial charge in [0.05, 0.1) is 25.8 Å². The molecule has 0 radical (unpaired) electrons. The van der Waals surface area contributed by atoms with E-state index in [1.54, 1.807) is 60.7 Å². The number of amides is 1. The third-order valence-electron chi connectivity index (χ3n) is 5.18. The van der Waals surface area contributed by atoms with Crippen molar-refractivity contribution >= 4 is 34.9 Å². The molecule has 0 spiro atoms. The molecule has 0 saturated carbocycles. The third kappa shape index (κ3) is 3.67. The van der Waals surface area contributed by atoms with Crippen LogP contribution in [0.15, 0.2) is 72.4 Å². The van der Waals surface area contributed by atoms with E-state index in [9.17, 15) is 14.7 Å². The first-order valence-corrected chi connectivity index (χ1v) is 10.0. The summed E-state index contributed by atoms with van der Waals surface area (Å²) < 4.78 is 10.7. The average molecular weight is 451 g/mol. The number of ketones is 1. The maximum atomic E-state index is 13.1. The van der Waals surface area contributed by atoms with Gasteiger partial charge >= 0.3 is 5.91 Å². The minimum atomic E-state index is -0.930. The second-order valence-corrected chi connectivity index (χ2v) is 7.41. The van der Waals surface area contributed by atoms with E-state index < -0.39 is 17.7 Å². The number of carbonyl (C=O) groups is 2. The zero-order chi connectivity index (χ0) is 22.8.